The highest BCUT2D eigenvalue weighted by Crippen LogP contribution is 2.15. The molecule has 0 spiro atoms. The Morgan fingerprint density at radius 1 is 1.00 bits per heavy atom. The minimum absolute atomic E-state index is 0.0651. The molecule has 1 rings (SSSR count). The van der Waals surface area contributed by atoms with Crippen molar-refractivity contribution in [3.05, 3.63) is 24.3 Å². The van der Waals surface area contributed by atoms with Crippen LogP contribution in [0, 0.1) is 0 Å². The number of hydrogen-bond acceptors (Lipinski definition) is 5. The van der Waals surface area contributed by atoms with E-state index >= 15 is 0 Å². The summed E-state index contributed by atoms with van der Waals surface area (Å²) in [5, 5.41) is 1.25. The standard InChI is InChI=1S/C13H20N2O5S2/c1-9(2)15-22(19,20)12-7-5-11(6-8-12)14-13(16)10(3)21(4,17)18/h5-10,15H,1-4H3,(H,14,16). The molecule has 0 aliphatic rings. The molecule has 1 unspecified atom stereocenters. The third-order valence-electron chi connectivity index (χ3n) is 2.83. The third-order valence-corrected chi connectivity index (χ3v) is 6.01. The number of nitrogens with one attached hydrogen (secondary N) is 2. The quantitative estimate of drug-likeness (QED) is 0.788. The van der Waals surface area contributed by atoms with Crippen LogP contribution in [-0.2, 0) is 24.7 Å². The van der Waals surface area contributed by atoms with Gasteiger partial charge in [0.2, 0.25) is 15.9 Å². The van der Waals surface area contributed by atoms with Crippen LogP contribution in [0.4, 0.5) is 5.69 Å². The smallest absolute Gasteiger partial charge is 0.242 e. The Bertz CT molecular complexity index is 737. The number of sulfone groups is 1. The molecular formula is C13H20N2O5S2. The fraction of sp³-hybridized carbons (Fsp3) is 0.462. The van der Waals surface area contributed by atoms with E-state index in [9.17, 15) is 21.6 Å². The summed E-state index contributed by atoms with van der Waals surface area (Å²) in [6, 6.07) is 5.25. The van der Waals surface area contributed by atoms with Gasteiger partial charge in [0.05, 0.1) is 4.90 Å². The van der Waals surface area contributed by atoms with E-state index in [1.165, 1.54) is 31.2 Å². The lowest BCUT2D eigenvalue weighted by molar-refractivity contribution is -0.115. The van der Waals surface area contributed by atoms with Crippen LogP contribution in [0.2, 0.25) is 0 Å². The van der Waals surface area contributed by atoms with Gasteiger partial charge in [-0.3, -0.25) is 4.79 Å². The van der Waals surface area contributed by atoms with Crippen molar-refractivity contribution >= 4 is 31.5 Å². The van der Waals surface area contributed by atoms with E-state index < -0.39 is 31.0 Å². The topological polar surface area (TPSA) is 109 Å². The first-order valence-electron chi connectivity index (χ1n) is 6.55. The number of hydrogen-bond donors (Lipinski definition) is 2. The summed E-state index contributed by atoms with van der Waals surface area (Å²) < 4.78 is 48.9. The molecule has 0 bridgehead atoms. The SMILES string of the molecule is CC(C)NS(=O)(=O)c1ccc(NC(=O)C(C)S(C)(=O)=O)cc1. The molecule has 0 aliphatic carbocycles. The molecule has 7 nitrogen and oxygen atoms in total. The molecule has 0 radical (unpaired) electrons. The van der Waals surface area contributed by atoms with Gasteiger partial charge in [-0.25, -0.2) is 21.6 Å². The average Bonchev–Trinajstić information content (AvgIpc) is 2.35. The van der Waals surface area contributed by atoms with Gasteiger partial charge >= 0.3 is 0 Å². The maximum Gasteiger partial charge on any atom is 0.242 e. The molecule has 0 saturated carbocycles. The zero-order chi connectivity index (χ0) is 17.1. The number of rotatable bonds is 6. The van der Waals surface area contributed by atoms with Crippen LogP contribution in [0.25, 0.3) is 0 Å². The molecular weight excluding hydrogens is 328 g/mol. The van der Waals surface area contributed by atoms with Crippen molar-refractivity contribution in [3.8, 4) is 0 Å². The lowest BCUT2D eigenvalue weighted by Crippen LogP contribution is -2.32. The predicted octanol–water partition coefficient (Wildman–Crippen LogP) is 0.745. The van der Waals surface area contributed by atoms with Crippen LogP contribution in [0.15, 0.2) is 29.2 Å². The molecule has 1 amide bonds. The first-order chi connectivity index (χ1) is 9.93. The minimum Gasteiger partial charge on any atom is -0.325 e. The second kappa shape index (κ2) is 6.76. The zero-order valence-electron chi connectivity index (χ0n) is 12.8. The molecule has 22 heavy (non-hydrogen) atoms. The lowest BCUT2D eigenvalue weighted by atomic mass is 10.3. The van der Waals surface area contributed by atoms with Crippen molar-refractivity contribution in [2.24, 2.45) is 0 Å². The van der Waals surface area contributed by atoms with Gasteiger partial charge in [-0.15, -0.1) is 0 Å². The van der Waals surface area contributed by atoms with E-state index in [-0.39, 0.29) is 10.9 Å². The van der Waals surface area contributed by atoms with Crippen molar-refractivity contribution in [1.29, 1.82) is 0 Å². The molecule has 2 N–H and O–H groups in total. The molecule has 0 heterocycles. The van der Waals surface area contributed by atoms with Crippen LogP contribution in [0.1, 0.15) is 20.8 Å². The Kier molecular flexibility index (Phi) is 5.71. The summed E-state index contributed by atoms with van der Waals surface area (Å²) in [5.74, 6) is -0.668. The second-order valence-corrected chi connectivity index (χ2v) is 9.34. The van der Waals surface area contributed by atoms with Gasteiger partial charge in [-0.05, 0) is 45.0 Å². The number of sulfonamides is 1. The molecule has 124 valence electrons. The van der Waals surface area contributed by atoms with Gasteiger partial charge in [-0.1, -0.05) is 0 Å². The summed E-state index contributed by atoms with van der Waals surface area (Å²) in [6.45, 7) is 4.70. The Morgan fingerprint density at radius 3 is 1.91 bits per heavy atom. The maximum absolute atomic E-state index is 11.9. The van der Waals surface area contributed by atoms with Crippen molar-refractivity contribution in [1.82, 2.24) is 4.72 Å². The second-order valence-electron chi connectivity index (χ2n) is 5.26. The Hall–Kier alpha value is -1.45. The molecule has 1 aromatic rings. The van der Waals surface area contributed by atoms with Gasteiger partial charge in [0.15, 0.2) is 9.84 Å². The molecule has 1 atom stereocenters. The minimum atomic E-state index is -3.60. The third kappa shape index (κ3) is 5.08. The highest BCUT2D eigenvalue weighted by molar-refractivity contribution is 7.92. The summed E-state index contributed by atoms with van der Waals surface area (Å²) in [4.78, 5) is 11.8. The summed E-state index contributed by atoms with van der Waals surface area (Å²) in [5.41, 5.74) is 0.323. The van der Waals surface area contributed by atoms with Crippen LogP contribution < -0.4 is 10.0 Å². The monoisotopic (exact) mass is 348 g/mol. The number of benzene rings is 1. The zero-order valence-corrected chi connectivity index (χ0v) is 14.5. The Morgan fingerprint density at radius 2 is 1.50 bits per heavy atom. The number of carbonyl (C=O) groups excluding carboxylic acids is 1. The molecule has 1 aromatic carbocycles. The van der Waals surface area contributed by atoms with Crippen molar-refractivity contribution in [2.45, 2.75) is 37.0 Å². The predicted molar refractivity (Wildman–Crippen MR) is 84.8 cm³/mol. The fourth-order valence-electron chi connectivity index (χ4n) is 1.53. The number of anilines is 1. The molecule has 0 aliphatic heterocycles. The van der Waals surface area contributed by atoms with E-state index in [4.69, 9.17) is 0 Å². The fourth-order valence-corrected chi connectivity index (χ4v) is 3.23. The normalized spacial score (nSPS) is 13.9. The lowest BCUT2D eigenvalue weighted by Gasteiger charge is -2.12. The first-order valence-corrected chi connectivity index (χ1v) is 9.99. The summed E-state index contributed by atoms with van der Waals surface area (Å²) >= 11 is 0. The molecule has 0 fully saturated rings. The summed E-state index contributed by atoms with van der Waals surface area (Å²) in [7, 11) is -7.09. The molecule has 0 saturated heterocycles. The van der Waals surface area contributed by atoms with Gasteiger partial charge in [-0.2, -0.15) is 0 Å². The van der Waals surface area contributed by atoms with E-state index in [0.717, 1.165) is 6.26 Å². The van der Waals surface area contributed by atoms with Gasteiger partial charge in [0.25, 0.3) is 0 Å². The highest BCUT2D eigenvalue weighted by atomic mass is 32.2. The van der Waals surface area contributed by atoms with E-state index in [2.05, 4.69) is 10.0 Å². The average molecular weight is 348 g/mol. The summed E-state index contributed by atoms with van der Waals surface area (Å²) in [6.07, 6.45) is 0.977. The van der Waals surface area contributed by atoms with Gasteiger partial charge < -0.3 is 5.32 Å². The van der Waals surface area contributed by atoms with Crippen molar-refractivity contribution in [3.63, 3.8) is 0 Å². The van der Waals surface area contributed by atoms with E-state index in [1.807, 2.05) is 0 Å². The van der Waals surface area contributed by atoms with E-state index in [0.29, 0.717) is 5.69 Å². The van der Waals surface area contributed by atoms with Crippen LogP contribution in [0.3, 0.4) is 0 Å². The van der Waals surface area contributed by atoms with Crippen LogP contribution >= 0.6 is 0 Å². The van der Waals surface area contributed by atoms with Gasteiger partial charge in [0, 0.05) is 18.0 Å². The van der Waals surface area contributed by atoms with E-state index in [1.54, 1.807) is 13.8 Å². The van der Waals surface area contributed by atoms with Gasteiger partial charge in [0.1, 0.15) is 5.25 Å². The van der Waals surface area contributed by atoms with Crippen LogP contribution in [0.5, 0.6) is 0 Å². The largest absolute Gasteiger partial charge is 0.325 e. The first kappa shape index (κ1) is 18.6. The highest BCUT2D eigenvalue weighted by Gasteiger charge is 2.23. The molecule has 9 heteroatoms. The maximum atomic E-state index is 11.9. The molecule has 0 aromatic heterocycles. The number of amides is 1. The number of carbonyl (C=O) groups is 1. The van der Waals surface area contributed by atoms with Crippen LogP contribution in [-0.4, -0.2) is 40.3 Å². The Labute approximate surface area is 131 Å². The van der Waals surface area contributed by atoms with Crippen molar-refractivity contribution < 1.29 is 21.6 Å². The Balaban J connectivity index is 2.89. The van der Waals surface area contributed by atoms with Crippen molar-refractivity contribution in [2.75, 3.05) is 11.6 Å².